The fourth-order valence-electron chi connectivity index (χ4n) is 2.32. The van der Waals surface area contributed by atoms with Gasteiger partial charge in [0.1, 0.15) is 6.54 Å². The van der Waals surface area contributed by atoms with E-state index in [-0.39, 0.29) is 18.2 Å². The van der Waals surface area contributed by atoms with Crippen LogP contribution in [-0.4, -0.2) is 31.9 Å². The molecule has 0 atom stereocenters. The molecule has 3 rings (SSSR count). The first-order valence-electron chi connectivity index (χ1n) is 8.66. The van der Waals surface area contributed by atoms with Gasteiger partial charge in [-0.3, -0.25) is 9.59 Å². The van der Waals surface area contributed by atoms with Gasteiger partial charge in [0.05, 0.1) is 11.4 Å². The van der Waals surface area contributed by atoms with Gasteiger partial charge in [-0.1, -0.05) is 44.5 Å². The second-order valence-corrected chi connectivity index (χ2v) is 8.88. The molecule has 0 saturated heterocycles. The maximum atomic E-state index is 12.5. The van der Waals surface area contributed by atoms with Gasteiger partial charge in [-0.2, -0.15) is 4.80 Å². The number of carbonyl (C=O) groups is 2. The number of carbonyl (C=O) groups excluding carboxylic acids is 2. The molecule has 0 fully saturated rings. The second-order valence-electron chi connectivity index (χ2n) is 7.28. The van der Waals surface area contributed by atoms with Crippen molar-refractivity contribution in [2.24, 2.45) is 5.41 Å². The number of tetrazole rings is 1. The van der Waals surface area contributed by atoms with E-state index < -0.39 is 5.41 Å². The summed E-state index contributed by atoms with van der Waals surface area (Å²) in [7, 11) is 0. The molecule has 1 N–H and O–H groups in total. The van der Waals surface area contributed by atoms with E-state index in [2.05, 4.69) is 20.7 Å². The van der Waals surface area contributed by atoms with Crippen molar-refractivity contribution in [3.63, 3.8) is 0 Å². The number of ketones is 1. The van der Waals surface area contributed by atoms with Gasteiger partial charge in [0.25, 0.3) is 0 Å². The number of amides is 1. The molecule has 7 nitrogen and oxygen atoms in total. The average molecular weight is 418 g/mol. The molecule has 2 heterocycles. The lowest BCUT2D eigenvalue weighted by Gasteiger charge is -2.17. The molecule has 0 aliphatic rings. The minimum absolute atomic E-state index is 0.0120. The highest BCUT2D eigenvalue weighted by Gasteiger charge is 2.21. The normalized spacial score (nSPS) is 11.4. The summed E-state index contributed by atoms with van der Waals surface area (Å²) in [6.07, 6.45) is 0. The minimum atomic E-state index is -0.449. The van der Waals surface area contributed by atoms with E-state index in [0.29, 0.717) is 22.3 Å². The van der Waals surface area contributed by atoms with Crippen molar-refractivity contribution >= 4 is 34.6 Å². The minimum Gasteiger partial charge on any atom is -0.351 e. The molecule has 28 heavy (non-hydrogen) atoms. The lowest BCUT2D eigenvalue weighted by Crippen LogP contribution is -2.34. The second kappa shape index (κ2) is 8.20. The highest BCUT2D eigenvalue weighted by Crippen LogP contribution is 2.20. The zero-order chi connectivity index (χ0) is 20.3. The van der Waals surface area contributed by atoms with E-state index >= 15 is 0 Å². The summed E-state index contributed by atoms with van der Waals surface area (Å²) in [5.74, 6) is 0.259. The number of hydrogen-bond acceptors (Lipinski definition) is 6. The van der Waals surface area contributed by atoms with Crippen LogP contribution in [0, 0.1) is 5.41 Å². The quantitative estimate of drug-likeness (QED) is 0.619. The Bertz CT molecular complexity index is 1010. The Balaban J connectivity index is 1.61. The maximum Gasteiger partial charge on any atom is 0.225 e. The number of Topliss-reactive ketones (excluding diaryl/α,β-unsaturated/α-hetero) is 1. The van der Waals surface area contributed by atoms with E-state index in [0.717, 1.165) is 10.4 Å². The van der Waals surface area contributed by atoms with Crippen molar-refractivity contribution in [3.8, 4) is 11.4 Å². The first kappa shape index (κ1) is 20.2. The number of benzene rings is 1. The van der Waals surface area contributed by atoms with Crippen LogP contribution in [0.3, 0.4) is 0 Å². The molecule has 146 valence electrons. The van der Waals surface area contributed by atoms with Crippen molar-refractivity contribution in [2.75, 3.05) is 0 Å². The molecular formula is C19H20ClN5O2S. The van der Waals surface area contributed by atoms with E-state index in [1.54, 1.807) is 24.3 Å². The summed E-state index contributed by atoms with van der Waals surface area (Å²) in [5.41, 5.74) is 0.286. The average Bonchev–Trinajstić information content (AvgIpc) is 3.28. The first-order chi connectivity index (χ1) is 13.2. The van der Waals surface area contributed by atoms with Crippen molar-refractivity contribution < 1.29 is 9.59 Å². The third kappa shape index (κ3) is 5.02. The van der Waals surface area contributed by atoms with Crippen LogP contribution in [0.4, 0.5) is 0 Å². The molecule has 0 aliphatic heterocycles. The Morgan fingerprint density at radius 1 is 1.21 bits per heavy atom. The predicted molar refractivity (Wildman–Crippen MR) is 108 cm³/mol. The smallest absolute Gasteiger partial charge is 0.225 e. The predicted octanol–water partition coefficient (Wildman–Crippen LogP) is 3.60. The zero-order valence-corrected chi connectivity index (χ0v) is 17.3. The van der Waals surface area contributed by atoms with Crippen molar-refractivity contribution in [1.29, 1.82) is 0 Å². The third-order valence-corrected chi connectivity index (χ3v) is 5.22. The van der Waals surface area contributed by atoms with Crippen LogP contribution in [0.1, 0.15) is 35.3 Å². The van der Waals surface area contributed by atoms with Crippen molar-refractivity contribution in [1.82, 2.24) is 25.5 Å². The van der Waals surface area contributed by atoms with Crippen LogP contribution in [0.25, 0.3) is 11.4 Å². The number of hydrogen-bond donors (Lipinski definition) is 1. The lowest BCUT2D eigenvalue weighted by atomic mass is 9.96. The Morgan fingerprint density at radius 2 is 2.00 bits per heavy atom. The van der Waals surface area contributed by atoms with Crippen LogP contribution >= 0.6 is 22.9 Å². The van der Waals surface area contributed by atoms with Crippen LogP contribution in [0.5, 0.6) is 0 Å². The largest absolute Gasteiger partial charge is 0.351 e. The van der Waals surface area contributed by atoms with E-state index in [4.69, 9.17) is 11.6 Å². The van der Waals surface area contributed by atoms with E-state index in [1.807, 2.05) is 32.9 Å². The summed E-state index contributed by atoms with van der Waals surface area (Å²) in [5, 5.41) is 15.6. The Morgan fingerprint density at radius 3 is 2.71 bits per heavy atom. The van der Waals surface area contributed by atoms with Gasteiger partial charge >= 0.3 is 0 Å². The summed E-state index contributed by atoms with van der Waals surface area (Å²) in [6, 6.07) is 10.7. The van der Waals surface area contributed by atoms with E-state index in [1.165, 1.54) is 16.1 Å². The monoisotopic (exact) mass is 417 g/mol. The van der Waals surface area contributed by atoms with Gasteiger partial charge in [-0.05, 0) is 29.5 Å². The highest BCUT2D eigenvalue weighted by molar-refractivity contribution is 7.14. The maximum absolute atomic E-state index is 12.5. The van der Waals surface area contributed by atoms with Crippen LogP contribution in [0.2, 0.25) is 5.02 Å². The molecule has 0 saturated carbocycles. The fourth-order valence-corrected chi connectivity index (χ4v) is 3.38. The van der Waals surface area contributed by atoms with Gasteiger partial charge in [-0.25, -0.2) is 0 Å². The SMILES string of the molecule is CC(C)(C)C(=O)NCc1ccc(C(=O)Cn2nnc(-c3cccc(Cl)c3)n2)s1. The Labute approximate surface area is 171 Å². The molecule has 2 aromatic heterocycles. The number of thiophene rings is 1. The molecule has 1 aromatic carbocycles. The number of rotatable bonds is 6. The number of halogens is 1. The van der Waals surface area contributed by atoms with E-state index in [9.17, 15) is 9.59 Å². The molecule has 3 aromatic rings. The van der Waals surface area contributed by atoms with Crippen molar-refractivity contribution in [2.45, 2.75) is 33.9 Å². The molecule has 0 radical (unpaired) electrons. The summed E-state index contributed by atoms with van der Waals surface area (Å²) >= 11 is 7.32. The summed E-state index contributed by atoms with van der Waals surface area (Å²) in [4.78, 5) is 27.2. The molecule has 0 aliphatic carbocycles. The topological polar surface area (TPSA) is 89.8 Å². The molecule has 0 bridgehead atoms. The summed E-state index contributed by atoms with van der Waals surface area (Å²) < 4.78 is 0. The first-order valence-corrected chi connectivity index (χ1v) is 9.86. The molecule has 0 spiro atoms. The molecular weight excluding hydrogens is 398 g/mol. The van der Waals surface area contributed by atoms with Crippen LogP contribution < -0.4 is 5.32 Å². The Kier molecular flexibility index (Phi) is 5.90. The van der Waals surface area contributed by atoms with Gasteiger partial charge in [0.2, 0.25) is 11.7 Å². The number of nitrogens with one attached hydrogen (secondary N) is 1. The van der Waals surface area contributed by atoms with Gasteiger partial charge in [0, 0.05) is 20.9 Å². The highest BCUT2D eigenvalue weighted by atomic mass is 35.5. The van der Waals surface area contributed by atoms with Crippen molar-refractivity contribution in [3.05, 3.63) is 51.2 Å². The standard InChI is InChI=1S/C19H20ClN5O2S/c1-19(2,3)18(27)21-10-14-7-8-16(28-14)15(26)11-25-23-17(22-24-25)12-5-4-6-13(20)9-12/h4-9H,10-11H2,1-3H3,(H,21,27). The van der Waals surface area contributed by atoms with Gasteiger partial charge in [-0.15, -0.1) is 21.5 Å². The zero-order valence-electron chi connectivity index (χ0n) is 15.8. The third-order valence-electron chi connectivity index (χ3n) is 3.86. The number of nitrogens with zero attached hydrogens (tertiary/aromatic N) is 4. The molecule has 9 heteroatoms. The lowest BCUT2D eigenvalue weighted by molar-refractivity contribution is -0.128. The van der Waals surface area contributed by atoms with Gasteiger partial charge in [0.15, 0.2) is 5.78 Å². The molecule has 0 unspecified atom stereocenters. The molecule has 1 amide bonds. The summed E-state index contributed by atoms with van der Waals surface area (Å²) in [6.45, 7) is 5.95. The number of aromatic nitrogens is 4. The van der Waals surface area contributed by atoms with Crippen LogP contribution in [0.15, 0.2) is 36.4 Å². The van der Waals surface area contributed by atoms with Crippen LogP contribution in [-0.2, 0) is 17.9 Å². The van der Waals surface area contributed by atoms with Gasteiger partial charge < -0.3 is 5.32 Å². The Hall–Kier alpha value is -2.58. The fraction of sp³-hybridized carbons (Fsp3) is 0.316.